The van der Waals surface area contributed by atoms with Gasteiger partial charge in [0.1, 0.15) is 18.0 Å². The van der Waals surface area contributed by atoms with E-state index >= 15 is 0 Å². The fourth-order valence-electron chi connectivity index (χ4n) is 4.98. The molecule has 3 aromatic rings. The largest absolute Gasteiger partial charge is 0.355 e. The molecule has 158 valence electrons. The van der Waals surface area contributed by atoms with Crippen LogP contribution in [0.25, 0.3) is 20.3 Å². The minimum atomic E-state index is -0.240. The Balaban J connectivity index is 1.31. The van der Waals surface area contributed by atoms with E-state index in [9.17, 15) is 9.18 Å². The number of amides is 1. The van der Waals surface area contributed by atoms with Gasteiger partial charge < -0.3 is 10.2 Å². The highest BCUT2D eigenvalue weighted by atomic mass is 32.1. The van der Waals surface area contributed by atoms with Crippen molar-refractivity contribution in [3.05, 3.63) is 30.3 Å². The maximum Gasteiger partial charge on any atom is 0.223 e. The third-order valence-electron chi connectivity index (χ3n) is 6.81. The summed E-state index contributed by atoms with van der Waals surface area (Å²) in [5.41, 5.74) is 0.684. The van der Waals surface area contributed by atoms with Crippen LogP contribution in [0, 0.1) is 17.7 Å². The third-order valence-corrected chi connectivity index (χ3v) is 7.95. The number of thiophene rings is 1. The van der Waals surface area contributed by atoms with Crippen LogP contribution in [0.3, 0.4) is 0 Å². The lowest BCUT2D eigenvalue weighted by Gasteiger charge is -2.35. The molecule has 1 aromatic carbocycles. The number of rotatable bonds is 3. The molecule has 30 heavy (non-hydrogen) atoms. The number of nitrogens with one attached hydrogen (secondary N) is 1. The molecule has 0 radical (unpaired) electrons. The molecule has 2 aromatic heterocycles. The molecule has 1 aliphatic carbocycles. The third kappa shape index (κ3) is 3.53. The normalized spacial score (nSPS) is 23.2. The molecule has 1 amide bonds. The van der Waals surface area contributed by atoms with Crippen LogP contribution in [0.15, 0.2) is 24.5 Å². The lowest BCUT2D eigenvalue weighted by molar-refractivity contribution is -0.126. The SMILES string of the molecule is CC1CCCCC1NC(=O)C1CCN(c2ncnc3c2sc2cccc(F)c23)CC1. The van der Waals surface area contributed by atoms with E-state index < -0.39 is 0 Å². The van der Waals surface area contributed by atoms with Crippen LogP contribution < -0.4 is 10.2 Å². The average Bonchev–Trinajstić information content (AvgIpc) is 3.15. The Labute approximate surface area is 179 Å². The fraction of sp³-hybridized carbons (Fsp3) is 0.522. The summed E-state index contributed by atoms with van der Waals surface area (Å²) < 4.78 is 16.2. The predicted octanol–water partition coefficient (Wildman–Crippen LogP) is 4.89. The molecule has 2 unspecified atom stereocenters. The van der Waals surface area contributed by atoms with Crippen LogP contribution in [-0.2, 0) is 4.79 Å². The first-order valence-electron chi connectivity index (χ1n) is 11.0. The van der Waals surface area contributed by atoms with Gasteiger partial charge >= 0.3 is 0 Å². The first-order chi connectivity index (χ1) is 14.6. The molecule has 7 heteroatoms. The Morgan fingerprint density at radius 2 is 1.97 bits per heavy atom. The summed E-state index contributed by atoms with van der Waals surface area (Å²) in [5.74, 6) is 1.47. The van der Waals surface area contributed by atoms with Crippen molar-refractivity contribution >= 4 is 43.4 Å². The summed E-state index contributed by atoms with van der Waals surface area (Å²) in [6.45, 7) is 3.81. The minimum absolute atomic E-state index is 0.0626. The van der Waals surface area contributed by atoms with Gasteiger partial charge in [-0.05, 0) is 43.7 Å². The first kappa shape index (κ1) is 19.7. The van der Waals surface area contributed by atoms with Gasteiger partial charge in [-0.15, -0.1) is 11.3 Å². The molecule has 5 nitrogen and oxygen atoms in total. The van der Waals surface area contributed by atoms with Crippen LogP contribution in [0.4, 0.5) is 10.2 Å². The number of anilines is 1. The first-order valence-corrected chi connectivity index (χ1v) is 11.8. The summed E-state index contributed by atoms with van der Waals surface area (Å²) in [6.07, 6.45) is 7.97. The van der Waals surface area contributed by atoms with Crippen molar-refractivity contribution in [2.45, 2.75) is 51.5 Å². The number of hydrogen-bond acceptors (Lipinski definition) is 5. The molecule has 3 heterocycles. The van der Waals surface area contributed by atoms with Crippen molar-refractivity contribution in [1.29, 1.82) is 0 Å². The molecule has 5 rings (SSSR count). The van der Waals surface area contributed by atoms with Gasteiger partial charge in [0.05, 0.1) is 15.6 Å². The van der Waals surface area contributed by atoms with E-state index in [1.807, 2.05) is 6.07 Å². The van der Waals surface area contributed by atoms with Crippen molar-refractivity contribution in [2.24, 2.45) is 11.8 Å². The van der Waals surface area contributed by atoms with Crippen LogP contribution in [0.1, 0.15) is 45.4 Å². The molecule has 1 saturated carbocycles. The van der Waals surface area contributed by atoms with E-state index in [0.29, 0.717) is 22.9 Å². The molecule has 0 bridgehead atoms. The van der Waals surface area contributed by atoms with Gasteiger partial charge in [-0.1, -0.05) is 25.8 Å². The number of benzene rings is 1. The molecule has 2 aliphatic rings. The summed E-state index contributed by atoms with van der Waals surface area (Å²) >= 11 is 1.54. The lowest BCUT2D eigenvalue weighted by Crippen LogP contribution is -2.46. The number of fused-ring (bicyclic) bond motifs is 3. The van der Waals surface area contributed by atoms with Crippen molar-refractivity contribution in [1.82, 2.24) is 15.3 Å². The summed E-state index contributed by atoms with van der Waals surface area (Å²) in [5, 5.41) is 3.90. The second-order valence-corrected chi connectivity index (χ2v) is 9.78. The molecule has 2 fully saturated rings. The topological polar surface area (TPSA) is 58.1 Å². The van der Waals surface area contributed by atoms with Gasteiger partial charge in [0.2, 0.25) is 5.91 Å². The van der Waals surface area contributed by atoms with E-state index in [4.69, 9.17) is 0 Å². The number of aromatic nitrogens is 2. The summed E-state index contributed by atoms with van der Waals surface area (Å²) in [6, 6.07) is 5.47. The molecular weight excluding hydrogens is 399 g/mol. The van der Waals surface area contributed by atoms with Crippen molar-refractivity contribution < 1.29 is 9.18 Å². The number of nitrogens with zero attached hydrogens (tertiary/aromatic N) is 3. The van der Waals surface area contributed by atoms with Gasteiger partial charge in [-0.3, -0.25) is 4.79 Å². The number of halogens is 1. The van der Waals surface area contributed by atoms with Gasteiger partial charge in [0.25, 0.3) is 0 Å². The second-order valence-electron chi connectivity index (χ2n) is 8.73. The molecular formula is C23H27FN4OS. The number of hydrogen-bond donors (Lipinski definition) is 1. The van der Waals surface area contributed by atoms with E-state index in [2.05, 4.69) is 27.1 Å². The van der Waals surface area contributed by atoms with E-state index in [1.165, 1.54) is 31.7 Å². The fourth-order valence-corrected chi connectivity index (χ4v) is 6.16. The molecule has 1 aliphatic heterocycles. The smallest absolute Gasteiger partial charge is 0.223 e. The zero-order chi connectivity index (χ0) is 20.7. The quantitative estimate of drug-likeness (QED) is 0.648. The van der Waals surface area contributed by atoms with Gasteiger partial charge in [-0.2, -0.15) is 0 Å². The number of carbonyl (C=O) groups excluding carboxylic acids is 1. The van der Waals surface area contributed by atoms with Gasteiger partial charge in [0, 0.05) is 29.7 Å². The zero-order valence-corrected chi connectivity index (χ0v) is 18.1. The van der Waals surface area contributed by atoms with Crippen LogP contribution in [0.2, 0.25) is 0 Å². The Kier molecular flexibility index (Phi) is 5.31. The number of carbonyl (C=O) groups is 1. The molecule has 1 N–H and O–H groups in total. The highest BCUT2D eigenvalue weighted by molar-refractivity contribution is 7.26. The van der Waals surface area contributed by atoms with E-state index in [0.717, 1.165) is 47.6 Å². The van der Waals surface area contributed by atoms with E-state index in [-0.39, 0.29) is 17.6 Å². The Morgan fingerprint density at radius 3 is 2.77 bits per heavy atom. The molecule has 0 spiro atoms. The molecule has 1 saturated heterocycles. The number of piperidine rings is 1. The van der Waals surface area contributed by atoms with Crippen LogP contribution in [0.5, 0.6) is 0 Å². The standard InChI is InChI=1S/C23H27FN4OS/c1-14-5-2-3-7-17(14)27-23(29)15-9-11-28(12-10-15)22-21-20(25-13-26-22)19-16(24)6-4-8-18(19)30-21/h4,6,8,13-15,17H,2-3,5,7,9-12H2,1H3,(H,27,29). The van der Waals surface area contributed by atoms with Crippen LogP contribution in [-0.4, -0.2) is 35.0 Å². The molecule has 2 atom stereocenters. The zero-order valence-electron chi connectivity index (χ0n) is 17.2. The Morgan fingerprint density at radius 1 is 1.17 bits per heavy atom. The summed E-state index contributed by atoms with van der Waals surface area (Å²) in [4.78, 5) is 24.0. The maximum atomic E-state index is 14.4. The predicted molar refractivity (Wildman–Crippen MR) is 119 cm³/mol. The lowest BCUT2D eigenvalue weighted by atomic mass is 9.85. The summed E-state index contributed by atoms with van der Waals surface area (Å²) in [7, 11) is 0. The van der Waals surface area contributed by atoms with Gasteiger partial charge in [-0.25, -0.2) is 14.4 Å². The van der Waals surface area contributed by atoms with Gasteiger partial charge in [0.15, 0.2) is 0 Å². The highest BCUT2D eigenvalue weighted by Gasteiger charge is 2.30. The second kappa shape index (κ2) is 8.10. The maximum absolute atomic E-state index is 14.4. The van der Waals surface area contributed by atoms with Crippen LogP contribution >= 0.6 is 11.3 Å². The van der Waals surface area contributed by atoms with E-state index in [1.54, 1.807) is 17.4 Å². The van der Waals surface area contributed by atoms with Crippen molar-refractivity contribution in [3.63, 3.8) is 0 Å². The van der Waals surface area contributed by atoms with Crippen molar-refractivity contribution in [2.75, 3.05) is 18.0 Å². The Bertz CT molecular complexity index is 1080. The average molecular weight is 427 g/mol. The monoisotopic (exact) mass is 426 g/mol. The van der Waals surface area contributed by atoms with Crippen molar-refractivity contribution in [3.8, 4) is 0 Å². The Hall–Kier alpha value is -2.28. The highest BCUT2D eigenvalue weighted by Crippen LogP contribution is 2.39. The minimum Gasteiger partial charge on any atom is -0.355 e.